The Morgan fingerprint density at radius 3 is 2.75 bits per heavy atom. The summed E-state index contributed by atoms with van der Waals surface area (Å²) >= 11 is 0. The highest BCUT2D eigenvalue weighted by atomic mass is 16.5. The van der Waals surface area contributed by atoms with Gasteiger partial charge < -0.3 is 14.3 Å². The van der Waals surface area contributed by atoms with Crippen molar-refractivity contribution >= 4 is 5.97 Å². The maximum atomic E-state index is 11.4. The molecule has 0 aliphatic carbocycles. The number of unbranched alkanes of at least 4 members (excludes halogenated alkanes) is 1. The molecule has 0 spiro atoms. The Morgan fingerprint density at radius 1 is 1.56 bits per heavy atom. The van der Waals surface area contributed by atoms with E-state index in [4.69, 9.17) is 9.15 Å². The average molecular weight is 226 g/mol. The first kappa shape index (κ1) is 12.8. The van der Waals surface area contributed by atoms with Crippen molar-refractivity contribution in [1.82, 2.24) is 0 Å². The molecular weight excluding hydrogens is 208 g/mol. The van der Waals surface area contributed by atoms with E-state index in [-0.39, 0.29) is 5.76 Å². The molecule has 1 aromatic heterocycles. The van der Waals surface area contributed by atoms with Gasteiger partial charge in [-0.3, -0.25) is 0 Å². The second-order valence-electron chi connectivity index (χ2n) is 3.83. The number of furan rings is 1. The Morgan fingerprint density at radius 2 is 2.25 bits per heavy atom. The van der Waals surface area contributed by atoms with Crippen molar-refractivity contribution in [3.8, 4) is 0 Å². The lowest BCUT2D eigenvalue weighted by Gasteiger charge is -2.08. The Balaban J connectivity index is 2.59. The number of carbonyl (C=O) groups excluding carboxylic acids is 1. The van der Waals surface area contributed by atoms with Crippen LogP contribution in [-0.4, -0.2) is 17.7 Å². The summed E-state index contributed by atoms with van der Waals surface area (Å²) < 4.78 is 10.2. The van der Waals surface area contributed by atoms with Crippen LogP contribution in [-0.2, 0) is 9.53 Å². The van der Waals surface area contributed by atoms with Gasteiger partial charge in [0.1, 0.15) is 11.5 Å². The van der Waals surface area contributed by atoms with E-state index in [1.54, 1.807) is 19.9 Å². The predicted molar refractivity (Wildman–Crippen MR) is 59.0 cm³/mol. The largest absolute Gasteiger partial charge is 0.463 e. The third kappa shape index (κ3) is 3.10. The Kier molecular flexibility index (Phi) is 4.55. The number of rotatable bonds is 5. The third-order valence-corrected chi connectivity index (χ3v) is 2.29. The van der Waals surface area contributed by atoms with E-state index >= 15 is 0 Å². The summed E-state index contributed by atoms with van der Waals surface area (Å²) in [7, 11) is 0. The molecule has 1 heterocycles. The highest BCUT2D eigenvalue weighted by molar-refractivity contribution is 5.75. The van der Waals surface area contributed by atoms with Gasteiger partial charge in [-0.25, -0.2) is 4.79 Å². The number of carbonyl (C=O) groups is 1. The first-order chi connectivity index (χ1) is 7.56. The van der Waals surface area contributed by atoms with E-state index in [0.717, 1.165) is 18.4 Å². The van der Waals surface area contributed by atoms with Crippen molar-refractivity contribution < 1.29 is 19.1 Å². The molecule has 0 saturated heterocycles. The number of esters is 1. The fourth-order valence-corrected chi connectivity index (χ4v) is 1.43. The highest BCUT2D eigenvalue weighted by Crippen LogP contribution is 2.22. The van der Waals surface area contributed by atoms with E-state index < -0.39 is 12.1 Å². The molecular formula is C12H18O4. The minimum absolute atomic E-state index is 0.277. The summed E-state index contributed by atoms with van der Waals surface area (Å²) in [6.45, 7) is 5.90. The lowest BCUT2D eigenvalue weighted by atomic mass is 10.2. The van der Waals surface area contributed by atoms with Crippen LogP contribution in [0, 0.1) is 13.8 Å². The van der Waals surface area contributed by atoms with Crippen LogP contribution < -0.4 is 0 Å². The van der Waals surface area contributed by atoms with Crippen molar-refractivity contribution in [2.24, 2.45) is 0 Å². The minimum atomic E-state index is -1.31. The summed E-state index contributed by atoms with van der Waals surface area (Å²) in [4.78, 5) is 11.4. The quantitative estimate of drug-likeness (QED) is 0.618. The van der Waals surface area contributed by atoms with Crippen molar-refractivity contribution in [3.05, 3.63) is 23.2 Å². The predicted octanol–water partition coefficient (Wildman–Crippen LogP) is 2.27. The summed E-state index contributed by atoms with van der Waals surface area (Å²) in [6.07, 6.45) is 0.433. The van der Waals surface area contributed by atoms with Gasteiger partial charge in [0.25, 0.3) is 0 Å². The number of ether oxygens (including phenoxy) is 1. The molecule has 0 aromatic carbocycles. The number of hydrogen-bond donors (Lipinski definition) is 1. The lowest BCUT2D eigenvalue weighted by Crippen LogP contribution is -2.16. The van der Waals surface area contributed by atoms with Gasteiger partial charge in [-0.15, -0.1) is 0 Å². The molecule has 0 amide bonds. The second kappa shape index (κ2) is 5.70. The molecule has 1 aromatic rings. The van der Waals surface area contributed by atoms with Gasteiger partial charge in [-0.05, 0) is 31.9 Å². The zero-order chi connectivity index (χ0) is 12.1. The molecule has 1 N–H and O–H groups in total. The molecule has 0 saturated carbocycles. The van der Waals surface area contributed by atoms with Crippen LogP contribution in [0.5, 0.6) is 0 Å². The van der Waals surface area contributed by atoms with E-state index in [9.17, 15) is 9.90 Å². The molecule has 0 fully saturated rings. The van der Waals surface area contributed by atoms with Crippen molar-refractivity contribution in [2.75, 3.05) is 6.61 Å². The number of aliphatic hydroxyl groups is 1. The smallest absolute Gasteiger partial charge is 0.343 e. The zero-order valence-electron chi connectivity index (χ0n) is 9.95. The van der Waals surface area contributed by atoms with E-state index in [1.165, 1.54) is 0 Å². The number of aryl methyl sites for hydroxylation is 2. The second-order valence-corrected chi connectivity index (χ2v) is 3.83. The SMILES string of the molecule is CCCCOC(=O)[C@@H](O)c1oc(C)cc1C. The molecule has 0 radical (unpaired) electrons. The molecule has 4 nitrogen and oxygen atoms in total. The van der Waals surface area contributed by atoms with Gasteiger partial charge in [0, 0.05) is 0 Å². The molecule has 1 rings (SSSR count). The molecule has 0 bridgehead atoms. The topological polar surface area (TPSA) is 59.7 Å². The van der Waals surface area contributed by atoms with E-state index in [0.29, 0.717) is 12.4 Å². The summed E-state index contributed by atoms with van der Waals surface area (Å²) in [5, 5.41) is 9.71. The Bertz CT molecular complexity index is 354. The van der Waals surface area contributed by atoms with Crippen LogP contribution in [0.4, 0.5) is 0 Å². The first-order valence-electron chi connectivity index (χ1n) is 5.48. The molecule has 16 heavy (non-hydrogen) atoms. The first-order valence-corrected chi connectivity index (χ1v) is 5.48. The van der Waals surface area contributed by atoms with Gasteiger partial charge in [0.15, 0.2) is 0 Å². The molecule has 0 aliphatic rings. The normalized spacial score (nSPS) is 12.5. The molecule has 0 aliphatic heterocycles. The molecule has 4 heteroatoms. The van der Waals surface area contributed by atoms with Crippen LogP contribution >= 0.6 is 0 Å². The molecule has 1 atom stereocenters. The van der Waals surface area contributed by atoms with E-state index in [2.05, 4.69) is 0 Å². The monoisotopic (exact) mass is 226 g/mol. The molecule has 90 valence electrons. The van der Waals surface area contributed by atoms with Crippen LogP contribution in [0.1, 0.15) is 43.0 Å². The van der Waals surface area contributed by atoms with Crippen molar-refractivity contribution in [1.29, 1.82) is 0 Å². The van der Waals surface area contributed by atoms with Crippen LogP contribution in [0.15, 0.2) is 10.5 Å². The van der Waals surface area contributed by atoms with Crippen LogP contribution in [0.25, 0.3) is 0 Å². The van der Waals surface area contributed by atoms with Crippen molar-refractivity contribution in [3.63, 3.8) is 0 Å². The fraction of sp³-hybridized carbons (Fsp3) is 0.583. The van der Waals surface area contributed by atoms with Gasteiger partial charge in [0.05, 0.1) is 6.61 Å². The van der Waals surface area contributed by atoms with Gasteiger partial charge in [0.2, 0.25) is 6.10 Å². The summed E-state index contributed by atoms with van der Waals surface area (Å²) in [6, 6.07) is 1.78. The van der Waals surface area contributed by atoms with E-state index in [1.807, 2.05) is 6.92 Å². The Labute approximate surface area is 95.2 Å². The summed E-state index contributed by atoms with van der Waals surface area (Å²) in [5.74, 6) is 0.304. The fourth-order valence-electron chi connectivity index (χ4n) is 1.43. The van der Waals surface area contributed by atoms with Crippen LogP contribution in [0.3, 0.4) is 0 Å². The van der Waals surface area contributed by atoms with Crippen molar-refractivity contribution in [2.45, 2.75) is 39.7 Å². The maximum Gasteiger partial charge on any atom is 0.343 e. The zero-order valence-corrected chi connectivity index (χ0v) is 9.95. The Hall–Kier alpha value is -1.29. The maximum absolute atomic E-state index is 11.4. The minimum Gasteiger partial charge on any atom is -0.463 e. The van der Waals surface area contributed by atoms with Crippen LogP contribution in [0.2, 0.25) is 0 Å². The highest BCUT2D eigenvalue weighted by Gasteiger charge is 2.24. The third-order valence-electron chi connectivity index (χ3n) is 2.29. The summed E-state index contributed by atoms with van der Waals surface area (Å²) in [5.41, 5.74) is 0.762. The number of hydrogen-bond acceptors (Lipinski definition) is 4. The number of aliphatic hydroxyl groups excluding tert-OH is 1. The standard InChI is InChI=1S/C12H18O4/c1-4-5-6-15-12(14)10(13)11-8(2)7-9(3)16-11/h7,10,13H,4-6H2,1-3H3/t10-/m0/s1. The van der Waals surface area contributed by atoms with Gasteiger partial charge in [-0.2, -0.15) is 0 Å². The van der Waals surface area contributed by atoms with Gasteiger partial charge >= 0.3 is 5.97 Å². The van der Waals surface area contributed by atoms with Gasteiger partial charge in [-0.1, -0.05) is 13.3 Å². The molecule has 0 unspecified atom stereocenters. The average Bonchev–Trinajstić information content (AvgIpc) is 2.57. The lowest BCUT2D eigenvalue weighted by molar-refractivity contribution is -0.155.